The number of H-pyrrole nitrogens is 1. The summed E-state index contributed by atoms with van der Waals surface area (Å²) >= 11 is 0. The number of hydrogen-bond acceptors (Lipinski definition) is 2. The number of benzene rings is 2. The Morgan fingerprint density at radius 2 is 1.77 bits per heavy atom. The van der Waals surface area contributed by atoms with Crippen LogP contribution in [0.1, 0.15) is 35.1 Å². The lowest BCUT2D eigenvalue weighted by Crippen LogP contribution is -3.11. The number of hydrogen-bond donors (Lipinski definition) is 2. The molecule has 2 aromatic carbocycles. The van der Waals surface area contributed by atoms with E-state index in [1.807, 2.05) is 61.2 Å². The van der Waals surface area contributed by atoms with E-state index < -0.39 is 0 Å². The number of aryl methyl sites for hydroxylation is 2. The van der Waals surface area contributed by atoms with Gasteiger partial charge in [0.1, 0.15) is 0 Å². The lowest BCUT2D eigenvalue weighted by atomic mass is 10.0. The van der Waals surface area contributed by atoms with E-state index >= 15 is 0 Å². The quantitative estimate of drug-likeness (QED) is 0.663. The normalized spacial score (nSPS) is 14.3. The van der Waals surface area contributed by atoms with Gasteiger partial charge in [-0.25, -0.2) is 0 Å². The predicted molar refractivity (Wildman–Crippen MR) is 120 cm³/mol. The van der Waals surface area contributed by atoms with Crippen LogP contribution in [-0.4, -0.2) is 35.4 Å². The van der Waals surface area contributed by atoms with Crippen LogP contribution < -0.4 is 10.5 Å². The fourth-order valence-corrected chi connectivity index (χ4v) is 4.31. The van der Waals surface area contributed by atoms with Crippen molar-refractivity contribution in [1.82, 2.24) is 9.88 Å². The van der Waals surface area contributed by atoms with Gasteiger partial charge >= 0.3 is 0 Å². The Labute approximate surface area is 177 Å². The van der Waals surface area contributed by atoms with E-state index in [4.69, 9.17) is 0 Å². The molecule has 2 N–H and O–H groups in total. The average Bonchev–Trinajstić information content (AvgIpc) is 3.25. The van der Waals surface area contributed by atoms with Crippen LogP contribution in [0.15, 0.2) is 53.3 Å². The maximum absolute atomic E-state index is 13.2. The molecule has 0 unspecified atom stereocenters. The summed E-state index contributed by atoms with van der Waals surface area (Å²) in [7, 11) is 0. The summed E-state index contributed by atoms with van der Waals surface area (Å²) in [6.07, 6.45) is 2.37. The first kappa shape index (κ1) is 20.4. The van der Waals surface area contributed by atoms with E-state index in [0.29, 0.717) is 25.2 Å². The maximum atomic E-state index is 13.2. The third-order valence-electron chi connectivity index (χ3n) is 6.27. The van der Waals surface area contributed by atoms with Crippen LogP contribution >= 0.6 is 0 Å². The van der Waals surface area contributed by atoms with Crippen LogP contribution in [0.3, 0.4) is 0 Å². The van der Waals surface area contributed by atoms with Crippen LogP contribution in [0.25, 0.3) is 10.9 Å². The molecule has 5 nitrogen and oxygen atoms in total. The van der Waals surface area contributed by atoms with Crippen molar-refractivity contribution < 1.29 is 9.69 Å². The second-order valence-corrected chi connectivity index (χ2v) is 8.46. The van der Waals surface area contributed by atoms with Crippen molar-refractivity contribution in [3.05, 3.63) is 81.1 Å². The van der Waals surface area contributed by atoms with Gasteiger partial charge in [0.05, 0.1) is 25.2 Å². The van der Waals surface area contributed by atoms with Gasteiger partial charge in [-0.1, -0.05) is 42.5 Å². The average molecular weight is 405 g/mol. The molecule has 3 aromatic rings. The van der Waals surface area contributed by atoms with E-state index in [9.17, 15) is 9.59 Å². The summed E-state index contributed by atoms with van der Waals surface area (Å²) in [5.74, 6) is 0.107. The van der Waals surface area contributed by atoms with Crippen LogP contribution in [0.4, 0.5) is 0 Å². The minimum Gasteiger partial charge on any atom is -0.329 e. The molecule has 30 heavy (non-hydrogen) atoms. The number of carbonyl (C=O) groups excluding carboxylic acids is 1. The molecule has 1 saturated heterocycles. The summed E-state index contributed by atoms with van der Waals surface area (Å²) < 4.78 is 0. The first-order valence-corrected chi connectivity index (χ1v) is 10.8. The number of amides is 1. The first-order chi connectivity index (χ1) is 14.5. The maximum Gasteiger partial charge on any atom is 0.278 e. The Kier molecular flexibility index (Phi) is 6.00. The van der Waals surface area contributed by atoms with Gasteiger partial charge < -0.3 is 14.8 Å². The Bertz CT molecular complexity index is 1100. The number of pyridine rings is 1. The molecule has 4 rings (SSSR count). The topological polar surface area (TPSA) is 57.6 Å². The third kappa shape index (κ3) is 4.46. The minimum absolute atomic E-state index is 0.107. The molecule has 1 fully saturated rings. The fourth-order valence-electron chi connectivity index (χ4n) is 4.31. The SMILES string of the molecule is Cc1ccc2cc(CN(Cc3ccccc3)C(=O)C[NH+]3CCCC3)c(=O)[nH]c2c1C. The van der Waals surface area contributed by atoms with Crippen LogP contribution in [-0.2, 0) is 17.9 Å². The molecule has 1 aliphatic rings. The van der Waals surface area contributed by atoms with E-state index in [0.717, 1.165) is 40.7 Å². The molecule has 5 heteroatoms. The number of nitrogens with one attached hydrogen (secondary N) is 2. The Balaban J connectivity index is 1.63. The molecule has 0 radical (unpaired) electrons. The van der Waals surface area contributed by atoms with E-state index in [2.05, 4.69) is 11.1 Å². The van der Waals surface area contributed by atoms with Gasteiger partial charge in [0.25, 0.3) is 11.5 Å². The van der Waals surface area contributed by atoms with E-state index in [1.54, 1.807) is 0 Å². The zero-order chi connectivity index (χ0) is 21.1. The molecule has 0 saturated carbocycles. The van der Waals surface area contributed by atoms with Gasteiger partial charge in [-0.15, -0.1) is 0 Å². The monoisotopic (exact) mass is 404 g/mol. The van der Waals surface area contributed by atoms with Crippen LogP contribution in [0.5, 0.6) is 0 Å². The Morgan fingerprint density at radius 1 is 1.03 bits per heavy atom. The molecule has 1 aliphatic heterocycles. The van der Waals surface area contributed by atoms with Crippen molar-refractivity contribution in [2.24, 2.45) is 0 Å². The Hall–Kier alpha value is -2.92. The molecule has 0 spiro atoms. The van der Waals surface area contributed by atoms with E-state index in [-0.39, 0.29) is 11.5 Å². The minimum atomic E-state index is -0.115. The van der Waals surface area contributed by atoms with Crippen molar-refractivity contribution in [3.8, 4) is 0 Å². The molecular formula is C25H30N3O2+. The summed E-state index contributed by atoms with van der Waals surface area (Å²) in [5, 5.41) is 1.00. The Morgan fingerprint density at radius 3 is 2.50 bits per heavy atom. The first-order valence-electron chi connectivity index (χ1n) is 10.8. The summed E-state index contributed by atoms with van der Waals surface area (Å²) in [6, 6.07) is 16.0. The predicted octanol–water partition coefficient (Wildman–Crippen LogP) is 2.35. The number of aromatic amines is 1. The number of quaternary nitrogens is 1. The van der Waals surface area contributed by atoms with Gasteiger partial charge in [-0.3, -0.25) is 9.59 Å². The molecule has 0 aliphatic carbocycles. The van der Waals surface area contributed by atoms with Crippen molar-refractivity contribution in [2.75, 3.05) is 19.6 Å². The highest BCUT2D eigenvalue weighted by Gasteiger charge is 2.24. The number of aromatic nitrogens is 1. The summed E-state index contributed by atoms with van der Waals surface area (Å²) in [4.78, 5) is 32.3. The zero-order valence-electron chi connectivity index (χ0n) is 17.8. The summed E-state index contributed by atoms with van der Waals surface area (Å²) in [6.45, 7) is 7.51. The second-order valence-electron chi connectivity index (χ2n) is 8.46. The lowest BCUT2D eigenvalue weighted by Gasteiger charge is -2.24. The number of carbonyl (C=O) groups is 1. The highest BCUT2D eigenvalue weighted by molar-refractivity contribution is 5.83. The number of nitrogens with zero attached hydrogens (tertiary/aromatic N) is 1. The van der Waals surface area contributed by atoms with Crippen LogP contribution in [0.2, 0.25) is 0 Å². The number of likely N-dealkylation sites (tertiary alicyclic amines) is 1. The standard InChI is InChI=1S/C25H29N3O2/c1-18-10-11-21-14-22(25(30)26-24(21)19(18)2)16-28(15-20-8-4-3-5-9-20)23(29)17-27-12-6-7-13-27/h3-5,8-11,14H,6-7,12-13,15-17H2,1-2H3,(H,26,30)/p+1. The largest absolute Gasteiger partial charge is 0.329 e. The fraction of sp³-hybridized carbons (Fsp3) is 0.360. The molecular weight excluding hydrogens is 374 g/mol. The highest BCUT2D eigenvalue weighted by Crippen LogP contribution is 2.19. The van der Waals surface area contributed by atoms with E-state index in [1.165, 1.54) is 17.7 Å². The molecule has 0 atom stereocenters. The second kappa shape index (κ2) is 8.84. The lowest BCUT2D eigenvalue weighted by molar-refractivity contribution is -0.879. The van der Waals surface area contributed by atoms with Crippen LogP contribution in [0, 0.1) is 13.8 Å². The zero-order valence-corrected chi connectivity index (χ0v) is 17.8. The molecule has 156 valence electrons. The van der Waals surface area contributed by atoms with Crippen molar-refractivity contribution >= 4 is 16.8 Å². The summed E-state index contributed by atoms with van der Waals surface area (Å²) in [5.41, 5.74) is 4.71. The van der Waals surface area contributed by atoms with Gasteiger partial charge in [0.15, 0.2) is 6.54 Å². The molecule has 0 bridgehead atoms. The van der Waals surface area contributed by atoms with Gasteiger partial charge in [-0.05, 0) is 42.0 Å². The molecule has 2 heterocycles. The van der Waals surface area contributed by atoms with Crippen molar-refractivity contribution in [1.29, 1.82) is 0 Å². The molecule has 1 amide bonds. The number of fused-ring (bicyclic) bond motifs is 1. The van der Waals surface area contributed by atoms with Crippen molar-refractivity contribution in [3.63, 3.8) is 0 Å². The third-order valence-corrected chi connectivity index (χ3v) is 6.27. The van der Waals surface area contributed by atoms with Gasteiger partial charge in [-0.2, -0.15) is 0 Å². The smallest absolute Gasteiger partial charge is 0.278 e. The van der Waals surface area contributed by atoms with Gasteiger partial charge in [0.2, 0.25) is 0 Å². The van der Waals surface area contributed by atoms with Gasteiger partial charge in [0, 0.05) is 24.9 Å². The molecule has 1 aromatic heterocycles. The number of rotatable bonds is 6. The van der Waals surface area contributed by atoms with Crippen molar-refractivity contribution in [2.45, 2.75) is 39.8 Å². The highest BCUT2D eigenvalue weighted by atomic mass is 16.2.